The molecule has 23 heavy (non-hydrogen) atoms. The van der Waals surface area contributed by atoms with Crippen LogP contribution in [0.5, 0.6) is 0 Å². The average molecular weight is 361 g/mol. The third-order valence-corrected chi connectivity index (χ3v) is 6.09. The molecule has 0 atom stereocenters. The van der Waals surface area contributed by atoms with Gasteiger partial charge in [0.15, 0.2) is 4.34 Å². The first-order chi connectivity index (χ1) is 11.2. The van der Waals surface area contributed by atoms with Gasteiger partial charge in [-0.1, -0.05) is 24.8 Å². The number of amides is 1. The maximum atomic E-state index is 12.4. The van der Waals surface area contributed by atoms with Gasteiger partial charge in [0.05, 0.1) is 10.2 Å². The fourth-order valence-electron chi connectivity index (χ4n) is 2.17. The summed E-state index contributed by atoms with van der Waals surface area (Å²) in [5, 5.41) is 2.97. The summed E-state index contributed by atoms with van der Waals surface area (Å²) < 4.78 is 2.12. The molecule has 0 aliphatic rings. The molecule has 1 aromatic heterocycles. The zero-order valence-electron chi connectivity index (χ0n) is 12.8. The predicted molar refractivity (Wildman–Crippen MR) is 102 cm³/mol. The molecule has 0 unspecified atom stereocenters. The minimum atomic E-state index is -0.0856. The number of carbonyl (C=O) groups is 1. The van der Waals surface area contributed by atoms with Gasteiger partial charge in [0, 0.05) is 16.1 Å². The molecule has 0 bridgehead atoms. The van der Waals surface area contributed by atoms with Gasteiger partial charge >= 0.3 is 0 Å². The highest BCUT2D eigenvalue weighted by molar-refractivity contribution is 8.00. The smallest absolute Gasteiger partial charge is 0.255 e. The monoisotopic (exact) mass is 360 g/mol. The highest BCUT2D eigenvalue weighted by atomic mass is 32.2. The van der Waals surface area contributed by atoms with Crippen molar-refractivity contribution in [3.05, 3.63) is 48.0 Å². The summed E-state index contributed by atoms with van der Waals surface area (Å²) in [4.78, 5) is 18.1. The number of thiazole rings is 1. The van der Waals surface area contributed by atoms with Crippen LogP contribution in [0.4, 0.5) is 5.69 Å². The molecule has 6 heteroatoms. The molecule has 0 saturated heterocycles. The Morgan fingerprint density at radius 2 is 2.13 bits per heavy atom. The molecule has 0 spiro atoms. The standard InChI is InChI=1S/C17H16N2OS3/c1-3-22-13-6-4-5-11(9-13)16(20)18-12-7-8-14-15(10-12)23-17(19-14)21-2/h4-10H,3H2,1-2H3,(H,18,20). The van der Waals surface area contributed by atoms with Crippen molar-refractivity contribution in [2.24, 2.45) is 0 Å². The van der Waals surface area contributed by atoms with Gasteiger partial charge in [-0.3, -0.25) is 4.79 Å². The Balaban J connectivity index is 1.80. The van der Waals surface area contributed by atoms with Crippen molar-refractivity contribution in [3.8, 4) is 0 Å². The summed E-state index contributed by atoms with van der Waals surface area (Å²) in [6.07, 6.45) is 2.02. The van der Waals surface area contributed by atoms with Gasteiger partial charge in [-0.2, -0.15) is 0 Å². The molecule has 3 rings (SSSR count). The normalized spacial score (nSPS) is 10.9. The fourth-order valence-corrected chi connectivity index (χ4v) is 4.41. The van der Waals surface area contributed by atoms with Crippen LogP contribution in [-0.2, 0) is 0 Å². The maximum absolute atomic E-state index is 12.4. The zero-order chi connectivity index (χ0) is 16.2. The largest absolute Gasteiger partial charge is 0.322 e. The number of anilines is 1. The fraction of sp³-hybridized carbons (Fsp3) is 0.176. The van der Waals surface area contributed by atoms with Crippen LogP contribution < -0.4 is 5.32 Å². The third-order valence-electron chi connectivity index (χ3n) is 3.21. The van der Waals surface area contributed by atoms with Gasteiger partial charge in [-0.15, -0.1) is 23.1 Å². The number of aromatic nitrogens is 1. The Kier molecular flexibility index (Phi) is 5.25. The SMILES string of the molecule is CCSc1cccc(C(=O)Nc2ccc3nc(SC)sc3c2)c1. The minimum absolute atomic E-state index is 0.0856. The molecule has 3 nitrogen and oxygen atoms in total. The summed E-state index contributed by atoms with van der Waals surface area (Å²) in [6, 6.07) is 13.5. The van der Waals surface area contributed by atoms with Crippen LogP contribution >= 0.6 is 34.9 Å². The molecule has 2 aromatic carbocycles. The summed E-state index contributed by atoms with van der Waals surface area (Å²) in [7, 11) is 0. The van der Waals surface area contributed by atoms with Crippen LogP contribution in [0.25, 0.3) is 10.2 Å². The first kappa shape index (κ1) is 16.4. The Morgan fingerprint density at radius 1 is 1.26 bits per heavy atom. The molecule has 0 radical (unpaired) electrons. The van der Waals surface area contributed by atoms with Crippen molar-refractivity contribution in [2.75, 3.05) is 17.3 Å². The average Bonchev–Trinajstić information content (AvgIpc) is 2.98. The number of nitrogens with one attached hydrogen (secondary N) is 1. The number of thioether (sulfide) groups is 2. The van der Waals surface area contributed by atoms with E-state index in [0.717, 1.165) is 30.9 Å². The van der Waals surface area contributed by atoms with E-state index in [1.165, 1.54) is 0 Å². The Morgan fingerprint density at radius 3 is 2.91 bits per heavy atom. The lowest BCUT2D eigenvalue weighted by Gasteiger charge is -2.06. The minimum Gasteiger partial charge on any atom is -0.322 e. The van der Waals surface area contributed by atoms with Crippen molar-refractivity contribution in [1.29, 1.82) is 0 Å². The van der Waals surface area contributed by atoms with Crippen LogP contribution in [0, 0.1) is 0 Å². The summed E-state index contributed by atoms with van der Waals surface area (Å²) in [5.74, 6) is 0.905. The molecule has 118 valence electrons. The van der Waals surface area contributed by atoms with Crippen LogP contribution in [-0.4, -0.2) is 22.9 Å². The van der Waals surface area contributed by atoms with Gasteiger partial charge in [0.2, 0.25) is 0 Å². The second-order valence-electron chi connectivity index (χ2n) is 4.78. The van der Waals surface area contributed by atoms with Crippen LogP contribution in [0.2, 0.25) is 0 Å². The number of rotatable bonds is 5. The van der Waals surface area contributed by atoms with Crippen LogP contribution in [0.15, 0.2) is 51.7 Å². The molecule has 0 aliphatic heterocycles. The molecule has 1 amide bonds. The molecule has 1 heterocycles. The summed E-state index contributed by atoms with van der Waals surface area (Å²) >= 11 is 5.01. The predicted octanol–water partition coefficient (Wildman–Crippen LogP) is 5.38. The molecular weight excluding hydrogens is 344 g/mol. The molecule has 0 fully saturated rings. The lowest BCUT2D eigenvalue weighted by Crippen LogP contribution is -2.11. The third kappa shape index (κ3) is 3.88. The number of fused-ring (bicyclic) bond motifs is 1. The molecule has 1 N–H and O–H groups in total. The van der Waals surface area contributed by atoms with E-state index < -0.39 is 0 Å². The van der Waals surface area contributed by atoms with E-state index in [0.29, 0.717) is 5.56 Å². The van der Waals surface area contributed by atoms with E-state index in [9.17, 15) is 4.79 Å². The van der Waals surface area contributed by atoms with E-state index in [4.69, 9.17) is 0 Å². The number of benzene rings is 2. The molecular formula is C17H16N2OS3. The topological polar surface area (TPSA) is 42.0 Å². The second kappa shape index (κ2) is 7.38. The van der Waals surface area contributed by atoms with Gasteiger partial charge in [-0.25, -0.2) is 4.98 Å². The Bertz CT molecular complexity index is 845. The van der Waals surface area contributed by atoms with Gasteiger partial charge < -0.3 is 5.32 Å². The van der Waals surface area contributed by atoms with Crippen molar-refractivity contribution in [1.82, 2.24) is 4.98 Å². The maximum Gasteiger partial charge on any atom is 0.255 e. The molecule has 0 saturated carbocycles. The Hall–Kier alpha value is -1.50. The van der Waals surface area contributed by atoms with Crippen molar-refractivity contribution >= 4 is 56.7 Å². The lowest BCUT2D eigenvalue weighted by molar-refractivity contribution is 0.102. The van der Waals surface area contributed by atoms with E-state index in [2.05, 4.69) is 17.2 Å². The van der Waals surface area contributed by atoms with Gasteiger partial charge in [0.25, 0.3) is 5.91 Å². The van der Waals surface area contributed by atoms with Crippen molar-refractivity contribution in [3.63, 3.8) is 0 Å². The first-order valence-corrected chi connectivity index (χ1v) is 10.2. The Labute approximate surface area is 147 Å². The van der Waals surface area contributed by atoms with Gasteiger partial charge in [0.1, 0.15) is 0 Å². The second-order valence-corrected chi connectivity index (χ2v) is 8.20. The van der Waals surface area contributed by atoms with E-state index in [1.807, 2.05) is 48.7 Å². The first-order valence-electron chi connectivity index (χ1n) is 7.18. The van der Waals surface area contributed by atoms with E-state index >= 15 is 0 Å². The van der Waals surface area contributed by atoms with Gasteiger partial charge in [-0.05, 0) is 48.4 Å². The molecule has 3 aromatic rings. The van der Waals surface area contributed by atoms with Crippen molar-refractivity contribution < 1.29 is 4.79 Å². The number of nitrogens with zero attached hydrogens (tertiary/aromatic N) is 1. The summed E-state index contributed by atoms with van der Waals surface area (Å²) in [5.41, 5.74) is 2.45. The number of hydrogen-bond donors (Lipinski definition) is 1. The van der Waals surface area contributed by atoms with E-state index in [-0.39, 0.29) is 5.91 Å². The van der Waals surface area contributed by atoms with Crippen LogP contribution in [0.1, 0.15) is 17.3 Å². The van der Waals surface area contributed by atoms with E-state index in [1.54, 1.807) is 34.9 Å². The highest BCUT2D eigenvalue weighted by Gasteiger charge is 2.09. The quantitative estimate of drug-likeness (QED) is 0.620. The molecule has 0 aliphatic carbocycles. The zero-order valence-corrected chi connectivity index (χ0v) is 15.3. The van der Waals surface area contributed by atoms with Crippen LogP contribution in [0.3, 0.4) is 0 Å². The highest BCUT2D eigenvalue weighted by Crippen LogP contribution is 2.30. The summed E-state index contributed by atoms with van der Waals surface area (Å²) in [6.45, 7) is 2.10. The number of carbonyl (C=O) groups excluding carboxylic acids is 1. The lowest BCUT2D eigenvalue weighted by atomic mass is 10.2. The van der Waals surface area contributed by atoms with Crippen molar-refractivity contribution in [2.45, 2.75) is 16.2 Å². The number of hydrogen-bond acceptors (Lipinski definition) is 5.